The normalized spacial score (nSPS) is 17.3. The smallest absolute Gasteiger partial charge is 0.255 e. The summed E-state index contributed by atoms with van der Waals surface area (Å²) in [6, 6.07) is 13.2. The van der Waals surface area contributed by atoms with Gasteiger partial charge >= 0.3 is 0 Å². The van der Waals surface area contributed by atoms with Gasteiger partial charge in [0.25, 0.3) is 5.91 Å². The van der Waals surface area contributed by atoms with Crippen molar-refractivity contribution in [3.63, 3.8) is 0 Å². The topological polar surface area (TPSA) is 56.8 Å². The Morgan fingerprint density at radius 3 is 2.79 bits per heavy atom. The number of anilines is 1. The third-order valence-electron chi connectivity index (χ3n) is 3.53. The quantitative estimate of drug-likeness (QED) is 0.915. The lowest BCUT2D eigenvalue weighted by Crippen LogP contribution is -2.39. The summed E-state index contributed by atoms with van der Waals surface area (Å²) in [4.78, 5) is 12.1. The Balaban J connectivity index is 1.57. The van der Waals surface area contributed by atoms with Gasteiger partial charge in [0.2, 0.25) is 0 Å². The van der Waals surface area contributed by atoms with Gasteiger partial charge in [-0.25, -0.2) is 4.39 Å². The number of rotatable bonds is 5. The first-order valence-electron chi connectivity index (χ1n) is 7.68. The molecule has 1 amide bonds. The van der Waals surface area contributed by atoms with Gasteiger partial charge < -0.3 is 19.5 Å². The summed E-state index contributed by atoms with van der Waals surface area (Å²) in [6.45, 7) is 1.50. The molecule has 1 heterocycles. The number of hydrogen-bond acceptors (Lipinski definition) is 4. The van der Waals surface area contributed by atoms with Crippen molar-refractivity contribution >= 4 is 11.6 Å². The minimum absolute atomic E-state index is 0.245. The molecular weight excluding hydrogens is 313 g/mol. The van der Waals surface area contributed by atoms with Crippen LogP contribution in [0.15, 0.2) is 48.5 Å². The lowest BCUT2D eigenvalue weighted by atomic mass is 10.2. The first-order valence-corrected chi connectivity index (χ1v) is 7.68. The zero-order chi connectivity index (χ0) is 16.8. The fraction of sp³-hybridized carbons (Fsp3) is 0.278. The highest BCUT2D eigenvalue weighted by Gasteiger charge is 2.22. The van der Waals surface area contributed by atoms with Crippen LogP contribution in [0.3, 0.4) is 0 Å². The standard InChI is InChI=1S/C18H18FNO4/c19-14-6-4-13(5-7-14)11-24-16-3-1-2-15(10-16)20-18(21)17-12-22-8-9-23-17/h1-7,10,17H,8-9,11-12H2,(H,20,21)/t17-/m0/s1. The molecule has 0 saturated carbocycles. The van der Waals surface area contributed by atoms with Gasteiger partial charge in [-0.3, -0.25) is 4.79 Å². The number of carbonyl (C=O) groups excluding carboxylic acids is 1. The van der Waals surface area contributed by atoms with Crippen LogP contribution in [0.2, 0.25) is 0 Å². The average Bonchev–Trinajstić information content (AvgIpc) is 2.62. The highest BCUT2D eigenvalue weighted by molar-refractivity contribution is 5.94. The van der Waals surface area contributed by atoms with Crippen LogP contribution in [-0.2, 0) is 20.9 Å². The van der Waals surface area contributed by atoms with Crippen molar-refractivity contribution in [3.05, 3.63) is 59.9 Å². The molecule has 0 spiro atoms. The second-order valence-corrected chi connectivity index (χ2v) is 5.37. The van der Waals surface area contributed by atoms with Gasteiger partial charge in [0.15, 0.2) is 6.10 Å². The van der Waals surface area contributed by atoms with E-state index >= 15 is 0 Å². The Morgan fingerprint density at radius 1 is 1.21 bits per heavy atom. The molecule has 2 aromatic rings. The van der Waals surface area contributed by atoms with E-state index in [1.165, 1.54) is 12.1 Å². The van der Waals surface area contributed by atoms with E-state index in [0.717, 1.165) is 5.56 Å². The molecule has 126 valence electrons. The lowest BCUT2D eigenvalue weighted by molar-refractivity contribution is -0.142. The molecule has 0 bridgehead atoms. The molecule has 5 nitrogen and oxygen atoms in total. The first-order chi connectivity index (χ1) is 11.7. The van der Waals surface area contributed by atoms with Gasteiger partial charge in [-0.2, -0.15) is 0 Å². The highest BCUT2D eigenvalue weighted by atomic mass is 19.1. The van der Waals surface area contributed by atoms with E-state index in [-0.39, 0.29) is 18.3 Å². The third kappa shape index (κ3) is 4.53. The van der Waals surface area contributed by atoms with E-state index < -0.39 is 6.10 Å². The molecule has 1 atom stereocenters. The van der Waals surface area contributed by atoms with Gasteiger partial charge in [0.1, 0.15) is 18.2 Å². The van der Waals surface area contributed by atoms with Gasteiger partial charge in [0.05, 0.1) is 19.8 Å². The van der Waals surface area contributed by atoms with Crippen LogP contribution < -0.4 is 10.1 Å². The average molecular weight is 331 g/mol. The molecule has 0 radical (unpaired) electrons. The van der Waals surface area contributed by atoms with E-state index in [9.17, 15) is 9.18 Å². The fourth-order valence-corrected chi connectivity index (χ4v) is 2.27. The summed E-state index contributed by atoms with van der Waals surface area (Å²) in [5.74, 6) is 0.0840. The predicted octanol–water partition coefficient (Wildman–Crippen LogP) is 2.76. The summed E-state index contributed by atoms with van der Waals surface area (Å²) in [6.07, 6.45) is -0.595. The molecule has 1 fully saturated rings. The minimum Gasteiger partial charge on any atom is -0.489 e. The van der Waals surface area contributed by atoms with E-state index in [2.05, 4.69) is 5.32 Å². The number of benzene rings is 2. The third-order valence-corrected chi connectivity index (χ3v) is 3.53. The minimum atomic E-state index is -0.595. The van der Waals surface area contributed by atoms with E-state index in [4.69, 9.17) is 14.2 Å². The molecule has 0 aromatic heterocycles. The molecule has 6 heteroatoms. The number of carbonyl (C=O) groups is 1. The van der Waals surface area contributed by atoms with E-state index in [1.54, 1.807) is 36.4 Å². The molecule has 1 aliphatic rings. The van der Waals surface area contributed by atoms with Crippen molar-refractivity contribution in [2.45, 2.75) is 12.7 Å². The Morgan fingerprint density at radius 2 is 2.04 bits per heavy atom. The van der Waals surface area contributed by atoms with Crippen LogP contribution >= 0.6 is 0 Å². The largest absolute Gasteiger partial charge is 0.489 e. The number of ether oxygens (including phenoxy) is 3. The molecule has 0 unspecified atom stereocenters. The number of nitrogens with one attached hydrogen (secondary N) is 1. The number of halogens is 1. The van der Waals surface area contributed by atoms with Crippen molar-refractivity contribution in [2.24, 2.45) is 0 Å². The second-order valence-electron chi connectivity index (χ2n) is 5.37. The first kappa shape index (κ1) is 16.4. The van der Waals surface area contributed by atoms with Gasteiger partial charge in [-0.05, 0) is 29.8 Å². The Labute approximate surface area is 139 Å². The summed E-state index contributed by atoms with van der Waals surface area (Å²) in [7, 11) is 0. The Hall–Kier alpha value is -2.44. The van der Waals surface area contributed by atoms with Crippen molar-refractivity contribution in [1.29, 1.82) is 0 Å². The molecule has 1 N–H and O–H groups in total. The highest BCUT2D eigenvalue weighted by Crippen LogP contribution is 2.19. The molecule has 3 rings (SSSR count). The van der Waals surface area contributed by atoms with Crippen LogP contribution in [0.5, 0.6) is 5.75 Å². The van der Waals surface area contributed by atoms with Crippen molar-refractivity contribution < 1.29 is 23.4 Å². The SMILES string of the molecule is O=C(Nc1cccc(OCc2ccc(F)cc2)c1)[C@@H]1COCCO1. The molecule has 24 heavy (non-hydrogen) atoms. The van der Waals surface area contributed by atoms with Crippen LogP contribution in [-0.4, -0.2) is 31.8 Å². The van der Waals surface area contributed by atoms with E-state index in [0.29, 0.717) is 31.3 Å². The monoisotopic (exact) mass is 331 g/mol. The summed E-state index contributed by atoms with van der Waals surface area (Å²) in [5, 5.41) is 2.78. The Bertz CT molecular complexity index is 684. The summed E-state index contributed by atoms with van der Waals surface area (Å²) in [5.41, 5.74) is 1.48. The second kappa shape index (κ2) is 7.90. The molecule has 1 saturated heterocycles. The van der Waals surface area contributed by atoms with Crippen molar-refractivity contribution in [1.82, 2.24) is 0 Å². The number of hydrogen-bond donors (Lipinski definition) is 1. The lowest BCUT2D eigenvalue weighted by Gasteiger charge is -2.22. The summed E-state index contributed by atoms with van der Waals surface area (Å²) < 4.78 is 29.1. The number of amides is 1. The predicted molar refractivity (Wildman–Crippen MR) is 86.4 cm³/mol. The Kier molecular flexibility index (Phi) is 5.40. The molecular formula is C18H18FNO4. The maximum Gasteiger partial charge on any atom is 0.255 e. The van der Waals surface area contributed by atoms with Gasteiger partial charge in [-0.15, -0.1) is 0 Å². The maximum absolute atomic E-state index is 12.9. The molecule has 1 aliphatic heterocycles. The van der Waals surface area contributed by atoms with Gasteiger partial charge in [-0.1, -0.05) is 18.2 Å². The fourth-order valence-electron chi connectivity index (χ4n) is 2.27. The molecule has 2 aromatic carbocycles. The zero-order valence-corrected chi connectivity index (χ0v) is 13.0. The van der Waals surface area contributed by atoms with Crippen LogP contribution in [0, 0.1) is 5.82 Å². The zero-order valence-electron chi connectivity index (χ0n) is 13.0. The van der Waals surface area contributed by atoms with Crippen LogP contribution in [0.25, 0.3) is 0 Å². The van der Waals surface area contributed by atoms with Crippen LogP contribution in [0.1, 0.15) is 5.56 Å². The van der Waals surface area contributed by atoms with E-state index in [1.807, 2.05) is 0 Å². The molecule has 0 aliphatic carbocycles. The van der Waals surface area contributed by atoms with Crippen LogP contribution in [0.4, 0.5) is 10.1 Å². The summed E-state index contributed by atoms with van der Waals surface area (Å²) >= 11 is 0. The maximum atomic E-state index is 12.9. The van der Waals surface area contributed by atoms with Crippen molar-refractivity contribution in [2.75, 3.05) is 25.1 Å². The van der Waals surface area contributed by atoms with Crippen molar-refractivity contribution in [3.8, 4) is 5.75 Å². The van der Waals surface area contributed by atoms with Gasteiger partial charge in [0, 0.05) is 11.8 Å².